The predicted molar refractivity (Wildman–Crippen MR) is 127 cm³/mol. The summed E-state index contributed by atoms with van der Waals surface area (Å²) in [6, 6.07) is 21.2. The first-order valence-corrected chi connectivity index (χ1v) is 10.6. The lowest BCUT2D eigenvalue weighted by Crippen LogP contribution is -2.27. The summed E-state index contributed by atoms with van der Waals surface area (Å²) >= 11 is 0. The minimum absolute atomic E-state index is 0.0710. The molecule has 2 heterocycles. The first kappa shape index (κ1) is 22.0. The van der Waals surface area contributed by atoms with Crippen LogP contribution in [0.1, 0.15) is 29.8 Å². The zero-order valence-corrected chi connectivity index (χ0v) is 18.6. The Kier molecular flexibility index (Phi) is 6.90. The average Bonchev–Trinajstić information content (AvgIpc) is 3.41. The van der Waals surface area contributed by atoms with Crippen molar-refractivity contribution in [1.82, 2.24) is 24.6 Å². The number of nitrogens with zero attached hydrogens (tertiary/aromatic N) is 5. The van der Waals surface area contributed by atoms with Gasteiger partial charge in [0.1, 0.15) is 25.0 Å². The van der Waals surface area contributed by atoms with Crippen LogP contribution in [0.3, 0.4) is 0 Å². The van der Waals surface area contributed by atoms with E-state index in [1.807, 2.05) is 79.7 Å². The van der Waals surface area contributed by atoms with E-state index in [1.165, 1.54) is 6.33 Å². The highest BCUT2D eigenvalue weighted by molar-refractivity contribution is 5.91. The van der Waals surface area contributed by atoms with Crippen LogP contribution in [0.5, 0.6) is 5.75 Å². The Morgan fingerprint density at radius 2 is 1.88 bits per heavy atom. The van der Waals surface area contributed by atoms with Crippen LogP contribution in [-0.2, 0) is 11.4 Å². The first-order valence-electron chi connectivity index (χ1n) is 10.6. The summed E-state index contributed by atoms with van der Waals surface area (Å²) < 4.78 is 7.45. The van der Waals surface area contributed by atoms with Gasteiger partial charge in [-0.05, 0) is 60.5 Å². The van der Waals surface area contributed by atoms with Gasteiger partial charge in [-0.25, -0.2) is 9.67 Å². The molecule has 0 saturated carbocycles. The topological polar surface area (TPSA) is 73.1 Å². The predicted octanol–water partition coefficient (Wildman–Crippen LogP) is 4.47. The number of benzene rings is 2. The van der Waals surface area contributed by atoms with Gasteiger partial charge >= 0.3 is 0 Å². The van der Waals surface area contributed by atoms with Crippen molar-refractivity contribution in [2.75, 3.05) is 7.05 Å². The second-order valence-corrected chi connectivity index (χ2v) is 7.57. The molecule has 0 saturated heterocycles. The van der Waals surface area contributed by atoms with Gasteiger partial charge < -0.3 is 9.64 Å². The van der Waals surface area contributed by atoms with Gasteiger partial charge in [0, 0.05) is 19.3 Å². The highest BCUT2D eigenvalue weighted by atomic mass is 16.5. The second kappa shape index (κ2) is 10.4. The Bertz CT molecular complexity index is 1190. The fourth-order valence-corrected chi connectivity index (χ4v) is 3.26. The maximum atomic E-state index is 12.7. The normalized spacial score (nSPS) is 11.9. The van der Waals surface area contributed by atoms with Gasteiger partial charge in [0.05, 0.1) is 17.4 Å². The third kappa shape index (κ3) is 5.71. The van der Waals surface area contributed by atoms with Gasteiger partial charge in [0.2, 0.25) is 5.91 Å². The zero-order valence-electron chi connectivity index (χ0n) is 18.6. The summed E-state index contributed by atoms with van der Waals surface area (Å²) in [5.41, 5.74) is 3.76. The number of carbonyl (C=O) groups excluding carboxylic acids is 1. The van der Waals surface area contributed by atoms with Crippen LogP contribution < -0.4 is 4.74 Å². The van der Waals surface area contributed by atoms with E-state index in [-0.39, 0.29) is 11.9 Å². The maximum Gasteiger partial charge on any atom is 0.246 e. The molecular formula is C26H25N5O2. The number of amides is 1. The third-order valence-corrected chi connectivity index (χ3v) is 5.40. The summed E-state index contributed by atoms with van der Waals surface area (Å²) in [5.74, 6) is 0.683. The fraction of sp³-hybridized carbons (Fsp3) is 0.154. The van der Waals surface area contributed by atoms with Crippen molar-refractivity contribution in [3.05, 3.63) is 108 Å². The van der Waals surface area contributed by atoms with Crippen molar-refractivity contribution in [3.63, 3.8) is 0 Å². The fourth-order valence-electron chi connectivity index (χ4n) is 3.26. The van der Waals surface area contributed by atoms with Crippen LogP contribution in [0, 0.1) is 0 Å². The molecule has 2 aromatic carbocycles. The lowest BCUT2D eigenvalue weighted by Gasteiger charge is -2.24. The number of ether oxygens (including phenoxy) is 1. The molecule has 2 aromatic heterocycles. The molecule has 0 aliphatic rings. The molecule has 4 aromatic rings. The van der Waals surface area contributed by atoms with Crippen LogP contribution in [0.4, 0.5) is 0 Å². The second-order valence-electron chi connectivity index (χ2n) is 7.57. The van der Waals surface area contributed by atoms with Crippen molar-refractivity contribution in [2.24, 2.45) is 0 Å². The van der Waals surface area contributed by atoms with Crippen molar-refractivity contribution < 1.29 is 9.53 Å². The molecule has 1 amide bonds. The Morgan fingerprint density at radius 3 is 2.55 bits per heavy atom. The average molecular weight is 440 g/mol. The summed E-state index contributed by atoms with van der Waals surface area (Å²) in [6.07, 6.45) is 8.29. The summed E-state index contributed by atoms with van der Waals surface area (Å²) in [6.45, 7) is 2.42. The van der Waals surface area contributed by atoms with Crippen LogP contribution >= 0.6 is 0 Å². The molecule has 7 nitrogen and oxygen atoms in total. The lowest BCUT2D eigenvalue weighted by atomic mass is 10.1. The molecule has 4 rings (SSSR count). The largest absolute Gasteiger partial charge is 0.487 e. The Balaban J connectivity index is 1.32. The van der Waals surface area contributed by atoms with Gasteiger partial charge in [-0.1, -0.05) is 30.3 Å². The number of carbonyl (C=O) groups is 1. The van der Waals surface area contributed by atoms with E-state index >= 15 is 0 Å². The minimum Gasteiger partial charge on any atom is -0.487 e. The molecule has 0 fully saturated rings. The minimum atomic E-state index is -0.0747. The van der Waals surface area contributed by atoms with Gasteiger partial charge in [-0.15, -0.1) is 0 Å². The molecule has 1 atom stereocenters. The standard InChI is InChI=1S/C26H25N5O2/c1-20(22-9-11-24(12-10-22)31-19-27-18-29-31)30(2)26(32)15-8-21-6-13-25(14-7-21)33-17-23-5-3-4-16-28-23/h3-16,18-20H,17H2,1-2H3/b15-8+. The SMILES string of the molecule is CC(c1ccc(-n2cncn2)cc1)N(C)C(=O)/C=C/c1ccc(OCc2ccccn2)cc1. The number of rotatable bonds is 8. The zero-order chi connectivity index (χ0) is 23.0. The monoisotopic (exact) mass is 439 g/mol. The van der Waals surface area contributed by atoms with Gasteiger partial charge in [-0.3, -0.25) is 9.78 Å². The number of likely N-dealkylation sites (N-methyl/N-ethyl adjacent to an activating group) is 1. The Hall–Kier alpha value is -4.26. The Morgan fingerprint density at radius 1 is 1.09 bits per heavy atom. The molecule has 0 bridgehead atoms. The van der Waals surface area contributed by atoms with E-state index in [0.29, 0.717) is 6.61 Å². The molecule has 0 N–H and O–H groups in total. The van der Waals surface area contributed by atoms with Crippen molar-refractivity contribution in [2.45, 2.75) is 19.6 Å². The van der Waals surface area contributed by atoms with E-state index in [9.17, 15) is 4.79 Å². The number of hydrogen-bond donors (Lipinski definition) is 0. The molecule has 33 heavy (non-hydrogen) atoms. The van der Waals surface area contributed by atoms with Gasteiger partial charge in [0.15, 0.2) is 0 Å². The van der Waals surface area contributed by atoms with Crippen molar-refractivity contribution in [3.8, 4) is 11.4 Å². The first-order chi connectivity index (χ1) is 16.1. The van der Waals surface area contributed by atoms with E-state index < -0.39 is 0 Å². The van der Waals surface area contributed by atoms with Crippen LogP contribution in [0.15, 0.2) is 91.7 Å². The molecule has 0 spiro atoms. The molecule has 7 heteroatoms. The van der Waals surface area contributed by atoms with E-state index in [0.717, 1.165) is 28.3 Å². The molecule has 1 unspecified atom stereocenters. The summed E-state index contributed by atoms with van der Waals surface area (Å²) in [7, 11) is 1.80. The molecule has 0 aliphatic heterocycles. The van der Waals surface area contributed by atoms with Gasteiger partial charge in [0.25, 0.3) is 0 Å². The number of pyridine rings is 1. The molecule has 0 radical (unpaired) electrons. The number of aromatic nitrogens is 4. The molecule has 0 aliphatic carbocycles. The van der Waals surface area contributed by atoms with Crippen LogP contribution in [0.2, 0.25) is 0 Å². The summed E-state index contributed by atoms with van der Waals surface area (Å²) in [4.78, 5) is 22.6. The van der Waals surface area contributed by atoms with E-state index in [2.05, 4.69) is 15.1 Å². The maximum absolute atomic E-state index is 12.7. The van der Waals surface area contributed by atoms with E-state index in [4.69, 9.17) is 4.74 Å². The quantitative estimate of drug-likeness (QED) is 0.379. The van der Waals surface area contributed by atoms with Crippen LogP contribution in [0.25, 0.3) is 11.8 Å². The third-order valence-electron chi connectivity index (χ3n) is 5.40. The summed E-state index contributed by atoms with van der Waals surface area (Å²) in [5, 5.41) is 4.13. The smallest absolute Gasteiger partial charge is 0.246 e. The lowest BCUT2D eigenvalue weighted by molar-refractivity contribution is -0.126. The number of hydrogen-bond acceptors (Lipinski definition) is 5. The van der Waals surface area contributed by atoms with Crippen LogP contribution in [-0.4, -0.2) is 37.6 Å². The highest BCUT2D eigenvalue weighted by Gasteiger charge is 2.15. The molecular weight excluding hydrogens is 414 g/mol. The Labute approximate surface area is 193 Å². The van der Waals surface area contributed by atoms with E-state index in [1.54, 1.807) is 35.2 Å². The van der Waals surface area contributed by atoms with Crippen molar-refractivity contribution >= 4 is 12.0 Å². The molecule has 166 valence electrons. The van der Waals surface area contributed by atoms with Gasteiger partial charge in [-0.2, -0.15) is 5.10 Å². The highest BCUT2D eigenvalue weighted by Crippen LogP contribution is 2.21. The van der Waals surface area contributed by atoms with Crippen molar-refractivity contribution in [1.29, 1.82) is 0 Å².